The van der Waals surface area contributed by atoms with Crippen molar-refractivity contribution in [3.8, 4) is 5.75 Å². The minimum absolute atomic E-state index is 0.0485. The second kappa shape index (κ2) is 15.8. The van der Waals surface area contributed by atoms with Crippen LogP contribution in [0.15, 0.2) is 112 Å². The van der Waals surface area contributed by atoms with Crippen LogP contribution in [0.25, 0.3) is 0 Å². The summed E-state index contributed by atoms with van der Waals surface area (Å²) in [5, 5.41) is 5.72. The van der Waals surface area contributed by atoms with E-state index in [0.717, 1.165) is 12.8 Å². The minimum Gasteiger partial charge on any atom is -0.492 e. The summed E-state index contributed by atoms with van der Waals surface area (Å²) in [7, 11) is -3.69. The second-order valence-electron chi connectivity index (χ2n) is 10.9. The number of amides is 1. The van der Waals surface area contributed by atoms with Crippen molar-refractivity contribution < 1.29 is 17.9 Å². The largest absolute Gasteiger partial charge is 0.492 e. The number of nitrogens with one attached hydrogen (secondary N) is 2. The Morgan fingerprint density at radius 3 is 2.07 bits per heavy atom. The molecule has 0 saturated carbocycles. The fourth-order valence-electron chi connectivity index (χ4n) is 5.37. The van der Waals surface area contributed by atoms with Gasteiger partial charge in [0.15, 0.2) is 5.11 Å². The van der Waals surface area contributed by atoms with Gasteiger partial charge in [0.05, 0.1) is 22.0 Å². The van der Waals surface area contributed by atoms with Crippen molar-refractivity contribution in [2.75, 3.05) is 38.1 Å². The maximum absolute atomic E-state index is 13.6. The maximum atomic E-state index is 13.6. The molecule has 5 rings (SSSR count). The van der Waals surface area contributed by atoms with Gasteiger partial charge in [-0.15, -0.1) is 0 Å². The van der Waals surface area contributed by atoms with Crippen molar-refractivity contribution in [1.29, 1.82) is 0 Å². The number of ether oxygens (including phenoxy) is 1. The van der Waals surface area contributed by atoms with Crippen LogP contribution < -0.4 is 15.4 Å². The summed E-state index contributed by atoms with van der Waals surface area (Å²) < 4.78 is 35.1. The number of sulfonamides is 1. The van der Waals surface area contributed by atoms with E-state index in [2.05, 4.69) is 62.7 Å². The minimum atomic E-state index is -3.69. The number of unbranched alkanes of at least 4 members (excludes halogenated alkanes) is 1. The van der Waals surface area contributed by atoms with Crippen molar-refractivity contribution in [2.24, 2.45) is 0 Å². The molecule has 2 N–H and O–H groups in total. The van der Waals surface area contributed by atoms with Gasteiger partial charge in [-0.25, -0.2) is 8.42 Å². The number of nitrogens with zero attached hydrogens (tertiary/aromatic N) is 2. The Morgan fingerprint density at radius 2 is 1.50 bits per heavy atom. The standard InChI is InChI=1S/C35H37BrN4O4S2/c1-2-3-24-44-32-19-14-28(25-31(32)36)34(41)38-35(45)37-29-15-17-30(18-16-29)46(42,43)40-22-20-39(21-23-40)33(26-10-6-4-7-11-26)27-12-8-5-9-13-27/h4-19,25,33H,2-3,20-24H2,1H3,(H2,37,38,41,45). The first-order chi connectivity index (χ1) is 22.3. The van der Waals surface area contributed by atoms with Gasteiger partial charge in [0.1, 0.15) is 5.75 Å². The van der Waals surface area contributed by atoms with Crippen LogP contribution in [0.4, 0.5) is 5.69 Å². The Kier molecular flexibility index (Phi) is 11.6. The molecule has 4 aromatic rings. The lowest BCUT2D eigenvalue weighted by Crippen LogP contribution is -2.49. The lowest BCUT2D eigenvalue weighted by atomic mass is 9.96. The number of hydrogen-bond acceptors (Lipinski definition) is 6. The average molecular weight is 722 g/mol. The van der Waals surface area contributed by atoms with Crippen molar-refractivity contribution >= 4 is 54.9 Å². The normalized spacial score (nSPS) is 14.2. The highest BCUT2D eigenvalue weighted by atomic mass is 79.9. The van der Waals surface area contributed by atoms with Crippen LogP contribution >= 0.6 is 28.1 Å². The summed E-state index contributed by atoms with van der Waals surface area (Å²) >= 11 is 8.80. The average Bonchev–Trinajstić information content (AvgIpc) is 3.07. The first-order valence-corrected chi connectivity index (χ1v) is 17.9. The molecule has 1 saturated heterocycles. The molecule has 1 aliphatic rings. The quantitative estimate of drug-likeness (QED) is 0.129. The smallest absolute Gasteiger partial charge is 0.257 e. The molecule has 1 amide bonds. The Hall–Kier alpha value is -3.61. The molecule has 1 fully saturated rings. The number of anilines is 1. The molecule has 1 heterocycles. The third-order valence-corrected chi connectivity index (χ3v) is 10.5. The molecule has 46 heavy (non-hydrogen) atoms. The zero-order chi connectivity index (χ0) is 32.5. The number of piperazine rings is 1. The molecule has 0 radical (unpaired) electrons. The van der Waals surface area contributed by atoms with Gasteiger partial charge in [-0.05, 0) is 88.2 Å². The molecule has 0 atom stereocenters. The zero-order valence-electron chi connectivity index (χ0n) is 25.6. The molecule has 240 valence electrons. The lowest BCUT2D eigenvalue weighted by Gasteiger charge is -2.39. The monoisotopic (exact) mass is 720 g/mol. The highest BCUT2D eigenvalue weighted by Gasteiger charge is 2.32. The number of benzene rings is 4. The van der Waals surface area contributed by atoms with E-state index in [0.29, 0.717) is 54.3 Å². The van der Waals surface area contributed by atoms with Gasteiger partial charge >= 0.3 is 0 Å². The van der Waals surface area contributed by atoms with Gasteiger partial charge in [-0.2, -0.15) is 4.31 Å². The highest BCUT2D eigenvalue weighted by Crippen LogP contribution is 2.31. The van der Waals surface area contributed by atoms with Gasteiger partial charge in [-0.1, -0.05) is 74.0 Å². The van der Waals surface area contributed by atoms with Crippen molar-refractivity contribution in [3.63, 3.8) is 0 Å². The van der Waals surface area contributed by atoms with E-state index in [4.69, 9.17) is 17.0 Å². The third kappa shape index (κ3) is 8.40. The summed E-state index contributed by atoms with van der Waals surface area (Å²) in [5.41, 5.74) is 3.34. The molecule has 0 aliphatic carbocycles. The predicted octanol–water partition coefficient (Wildman–Crippen LogP) is 6.85. The number of thiocarbonyl (C=S) groups is 1. The molecular weight excluding hydrogens is 684 g/mol. The predicted molar refractivity (Wildman–Crippen MR) is 190 cm³/mol. The topological polar surface area (TPSA) is 91.0 Å². The van der Waals surface area contributed by atoms with E-state index in [1.807, 2.05) is 36.4 Å². The number of halogens is 1. The fraction of sp³-hybridized carbons (Fsp3) is 0.257. The number of hydrogen-bond donors (Lipinski definition) is 2. The maximum Gasteiger partial charge on any atom is 0.257 e. The summed E-state index contributed by atoms with van der Waals surface area (Å²) in [4.78, 5) is 15.3. The first-order valence-electron chi connectivity index (χ1n) is 15.2. The van der Waals surface area contributed by atoms with E-state index in [1.54, 1.807) is 46.8 Å². The van der Waals surface area contributed by atoms with E-state index in [9.17, 15) is 13.2 Å². The van der Waals surface area contributed by atoms with Gasteiger partial charge < -0.3 is 10.1 Å². The van der Waals surface area contributed by atoms with Crippen molar-refractivity contribution in [3.05, 3.63) is 124 Å². The Labute approximate surface area is 284 Å². The number of carbonyl (C=O) groups is 1. The molecule has 8 nitrogen and oxygen atoms in total. The van der Waals surface area contributed by atoms with Crippen molar-refractivity contribution in [2.45, 2.75) is 30.7 Å². The molecule has 0 aromatic heterocycles. The van der Waals surface area contributed by atoms with Crippen LogP contribution in [-0.2, 0) is 10.0 Å². The SMILES string of the molecule is CCCCOc1ccc(C(=O)NC(=S)Nc2ccc(S(=O)(=O)N3CCN(C(c4ccccc4)c4ccccc4)CC3)cc2)cc1Br. The molecule has 4 aromatic carbocycles. The Balaban J connectivity index is 1.17. The summed E-state index contributed by atoms with van der Waals surface area (Å²) in [6.07, 6.45) is 1.98. The van der Waals surface area contributed by atoms with Crippen LogP contribution in [0.2, 0.25) is 0 Å². The van der Waals surface area contributed by atoms with E-state index < -0.39 is 10.0 Å². The lowest BCUT2D eigenvalue weighted by molar-refractivity contribution is 0.0977. The molecule has 0 unspecified atom stereocenters. The van der Waals surface area contributed by atoms with Crippen LogP contribution in [0, 0.1) is 0 Å². The van der Waals surface area contributed by atoms with E-state index >= 15 is 0 Å². The van der Waals surface area contributed by atoms with E-state index in [1.165, 1.54) is 11.1 Å². The van der Waals surface area contributed by atoms with Crippen LogP contribution in [0.5, 0.6) is 5.75 Å². The molecule has 0 spiro atoms. The van der Waals surface area contributed by atoms with Gasteiger partial charge in [0.2, 0.25) is 10.0 Å². The van der Waals surface area contributed by atoms with E-state index in [-0.39, 0.29) is 22.0 Å². The Morgan fingerprint density at radius 1 is 0.891 bits per heavy atom. The first kappa shape index (κ1) is 33.7. The van der Waals surface area contributed by atoms with Gasteiger partial charge in [0, 0.05) is 37.4 Å². The fourth-order valence-corrected chi connectivity index (χ4v) is 7.50. The second-order valence-corrected chi connectivity index (χ2v) is 14.1. The van der Waals surface area contributed by atoms with Crippen molar-refractivity contribution in [1.82, 2.24) is 14.5 Å². The summed E-state index contributed by atoms with van der Waals surface area (Å²) in [6.45, 7) is 4.68. The van der Waals surface area contributed by atoms with Gasteiger partial charge in [-0.3, -0.25) is 15.0 Å². The van der Waals surface area contributed by atoms with Crippen LogP contribution in [-0.4, -0.2) is 61.4 Å². The zero-order valence-corrected chi connectivity index (χ0v) is 28.8. The Bertz CT molecular complexity index is 1690. The van der Waals surface area contributed by atoms with Crippen LogP contribution in [0.3, 0.4) is 0 Å². The molecule has 11 heteroatoms. The summed E-state index contributed by atoms with van der Waals surface area (Å²) in [6, 6.07) is 32.2. The van der Waals surface area contributed by atoms with Gasteiger partial charge in [0.25, 0.3) is 5.91 Å². The summed E-state index contributed by atoms with van der Waals surface area (Å²) in [5.74, 6) is 0.296. The molecule has 1 aliphatic heterocycles. The van der Waals surface area contributed by atoms with Crippen LogP contribution in [0.1, 0.15) is 47.3 Å². The molecule has 0 bridgehead atoms. The third-order valence-electron chi connectivity index (χ3n) is 7.80. The number of carbonyl (C=O) groups excluding carboxylic acids is 1. The highest BCUT2D eigenvalue weighted by molar-refractivity contribution is 9.10. The number of rotatable bonds is 11. The molecular formula is C35H37BrN4O4S2.